The van der Waals surface area contributed by atoms with Crippen molar-refractivity contribution < 1.29 is 14.8 Å². The zero-order valence-corrected chi connectivity index (χ0v) is 14.4. The van der Waals surface area contributed by atoms with Crippen LogP contribution in [0.15, 0.2) is 32.5 Å². The van der Waals surface area contributed by atoms with E-state index in [0.717, 1.165) is 11.0 Å². The molecule has 1 heterocycles. The highest BCUT2D eigenvalue weighted by Gasteiger charge is 2.14. The molecule has 23 heavy (non-hydrogen) atoms. The van der Waals surface area contributed by atoms with Crippen molar-refractivity contribution >= 4 is 49.9 Å². The number of aromatic hydroxyl groups is 1. The molecule has 1 aromatic heterocycles. The molecule has 0 atom stereocenters. The molecule has 10 nitrogen and oxygen atoms in total. The summed E-state index contributed by atoms with van der Waals surface area (Å²) in [5.74, 6) is -1.06. The van der Waals surface area contributed by atoms with Gasteiger partial charge in [0.2, 0.25) is 6.33 Å². The number of hydrogen-bond acceptors (Lipinski definition) is 7. The number of phenolic OH excluding ortho intramolecular Hbond substituents is 1. The van der Waals surface area contributed by atoms with Crippen LogP contribution in [-0.4, -0.2) is 36.9 Å². The van der Waals surface area contributed by atoms with E-state index in [4.69, 9.17) is 0 Å². The highest BCUT2D eigenvalue weighted by atomic mass is 79.9. The number of aromatic nitrogens is 3. The molecule has 2 rings (SSSR count). The van der Waals surface area contributed by atoms with Crippen LogP contribution in [0.25, 0.3) is 0 Å². The number of nitrogens with zero attached hydrogens (tertiary/aromatic N) is 5. The highest BCUT2D eigenvalue weighted by Crippen LogP contribution is 2.32. The van der Waals surface area contributed by atoms with Gasteiger partial charge in [-0.3, -0.25) is 4.79 Å². The van der Waals surface area contributed by atoms with Gasteiger partial charge in [0, 0.05) is 5.10 Å². The summed E-state index contributed by atoms with van der Waals surface area (Å²) in [6, 6.07) is 3.22. The Morgan fingerprint density at radius 3 is 2.70 bits per heavy atom. The molecule has 0 bridgehead atoms. The molecule has 1 aromatic carbocycles. The molecule has 0 radical (unpaired) electrons. The lowest BCUT2D eigenvalue weighted by molar-refractivity contribution is -0.394. The Labute approximate surface area is 145 Å². The van der Waals surface area contributed by atoms with Gasteiger partial charge in [-0.2, -0.15) is 9.78 Å². The van der Waals surface area contributed by atoms with Gasteiger partial charge in [-0.25, -0.2) is 5.43 Å². The smallest absolute Gasteiger partial charge is 0.490 e. The van der Waals surface area contributed by atoms with E-state index >= 15 is 0 Å². The van der Waals surface area contributed by atoms with Gasteiger partial charge in [0.25, 0.3) is 5.91 Å². The maximum atomic E-state index is 11.6. The first-order chi connectivity index (χ1) is 10.9. The molecule has 120 valence electrons. The maximum Gasteiger partial charge on any atom is 0.490 e. The van der Waals surface area contributed by atoms with Crippen LogP contribution in [0.3, 0.4) is 0 Å². The third kappa shape index (κ3) is 4.56. The standard InChI is InChI=1S/C11H8Br2N6O4/c12-7-1-6(2-8(13)10(7)21)3-15-16-9(20)4-18-5-14-11(17-18)19(22)23/h1-3,5,21H,4H2,(H,16,20)/b15-3+. The third-order valence-electron chi connectivity index (χ3n) is 2.44. The Bertz CT molecular complexity index is 768. The van der Waals surface area contributed by atoms with Crippen LogP contribution in [-0.2, 0) is 11.3 Å². The number of halogens is 2. The largest absolute Gasteiger partial charge is 0.506 e. The van der Waals surface area contributed by atoms with E-state index in [1.807, 2.05) is 0 Å². The second kappa shape index (κ2) is 7.28. The SMILES string of the molecule is O=C(Cn1cnc([N+](=O)[O-])n1)N/N=C/c1cc(Br)c(O)c(Br)c1. The third-order valence-corrected chi connectivity index (χ3v) is 3.64. The quantitative estimate of drug-likeness (QED) is 0.405. The predicted molar refractivity (Wildman–Crippen MR) is 85.9 cm³/mol. The average molecular weight is 448 g/mol. The van der Waals surface area contributed by atoms with Crippen molar-refractivity contribution in [1.82, 2.24) is 20.2 Å². The Hall–Kier alpha value is -2.34. The van der Waals surface area contributed by atoms with Crippen molar-refractivity contribution in [3.63, 3.8) is 0 Å². The Morgan fingerprint density at radius 2 is 2.13 bits per heavy atom. The molecular formula is C11H8Br2N6O4. The molecule has 0 spiro atoms. The number of carbonyl (C=O) groups excluding carboxylic acids is 1. The summed E-state index contributed by atoms with van der Waals surface area (Å²) in [6.45, 7) is -0.263. The van der Waals surface area contributed by atoms with Gasteiger partial charge in [0.05, 0.1) is 15.2 Å². The van der Waals surface area contributed by atoms with Crippen molar-refractivity contribution in [2.45, 2.75) is 6.54 Å². The fourth-order valence-electron chi connectivity index (χ4n) is 1.47. The first kappa shape index (κ1) is 17.0. The zero-order valence-electron chi connectivity index (χ0n) is 11.2. The summed E-state index contributed by atoms with van der Waals surface area (Å²) in [4.78, 5) is 24.7. The van der Waals surface area contributed by atoms with Crippen LogP contribution in [0.5, 0.6) is 5.75 Å². The van der Waals surface area contributed by atoms with Crippen molar-refractivity contribution in [2.75, 3.05) is 0 Å². The van der Waals surface area contributed by atoms with E-state index in [2.05, 4.69) is 52.5 Å². The molecule has 2 aromatic rings. The normalized spacial score (nSPS) is 10.9. The molecule has 0 aliphatic heterocycles. The lowest BCUT2D eigenvalue weighted by Crippen LogP contribution is -2.23. The van der Waals surface area contributed by atoms with E-state index in [1.54, 1.807) is 12.1 Å². The van der Waals surface area contributed by atoms with Crippen molar-refractivity contribution in [3.05, 3.63) is 43.1 Å². The molecular weight excluding hydrogens is 440 g/mol. The predicted octanol–water partition coefficient (Wildman–Crippen LogP) is 1.57. The Balaban J connectivity index is 1.94. The second-order valence-corrected chi connectivity index (χ2v) is 5.83. The minimum atomic E-state index is -0.757. The number of nitrogens with one attached hydrogen (secondary N) is 1. The lowest BCUT2D eigenvalue weighted by atomic mass is 10.2. The summed E-state index contributed by atoms with van der Waals surface area (Å²) < 4.78 is 1.96. The number of nitro groups is 1. The number of phenols is 1. The first-order valence-electron chi connectivity index (χ1n) is 5.90. The average Bonchev–Trinajstić information content (AvgIpc) is 2.93. The van der Waals surface area contributed by atoms with E-state index in [-0.39, 0.29) is 12.3 Å². The number of rotatable bonds is 5. The molecule has 0 saturated carbocycles. The fraction of sp³-hybridized carbons (Fsp3) is 0.0909. The van der Waals surface area contributed by atoms with E-state index in [0.29, 0.717) is 14.5 Å². The van der Waals surface area contributed by atoms with E-state index in [9.17, 15) is 20.0 Å². The molecule has 2 N–H and O–H groups in total. The van der Waals surface area contributed by atoms with Crippen LogP contribution in [0.4, 0.5) is 5.95 Å². The van der Waals surface area contributed by atoms with Gasteiger partial charge in [-0.1, -0.05) is 4.98 Å². The van der Waals surface area contributed by atoms with Gasteiger partial charge < -0.3 is 15.2 Å². The van der Waals surface area contributed by atoms with Gasteiger partial charge in [-0.05, 0) is 54.5 Å². The molecule has 0 aliphatic carbocycles. The van der Waals surface area contributed by atoms with E-state index in [1.165, 1.54) is 6.21 Å². The number of benzene rings is 1. The van der Waals surface area contributed by atoms with Crippen LogP contribution in [0.2, 0.25) is 0 Å². The van der Waals surface area contributed by atoms with Crippen LogP contribution < -0.4 is 5.43 Å². The van der Waals surface area contributed by atoms with Crippen molar-refractivity contribution in [1.29, 1.82) is 0 Å². The molecule has 0 unspecified atom stereocenters. The molecule has 0 saturated heterocycles. The van der Waals surface area contributed by atoms with E-state index < -0.39 is 16.8 Å². The van der Waals surface area contributed by atoms with Gasteiger partial charge in [-0.15, -0.1) is 0 Å². The zero-order chi connectivity index (χ0) is 17.0. The van der Waals surface area contributed by atoms with Gasteiger partial charge >= 0.3 is 5.95 Å². The maximum absolute atomic E-state index is 11.6. The summed E-state index contributed by atoms with van der Waals surface area (Å²) in [5, 5.41) is 27.3. The summed E-state index contributed by atoms with van der Waals surface area (Å²) in [7, 11) is 0. The number of hydrazone groups is 1. The van der Waals surface area contributed by atoms with Crippen molar-refractivity contribution in [3.8, 4) is 5.75 Å². The molecule has 0 fully saturated rings. The molecule has 1 amide bonds. The second-order valence-electron chi connectivity index (χ2n) is 4.13. The number of amides is 1. The summed E-state index contributed by atoms with van der Waals surface area (Å²) >= 11 is 6.35. The topological polar surface area (TPSA) is 136 Å². The first-order valence-corrected chi connectivity index (χ1v) is 7.49. The lowest BCUT2D eigenvalue weighted by Gasteiger charge is -2.02. The van der Waals surface area contributed by atoms with Gasteiger partial charge in [0.15, 0.2) is 0 Å². The van der Waals surface area contributed by atoms with Crippen molar-refractivity contribution in [2.24, 2.45) is 5.10 Å². The highest BCUT2D eigenvalue weighted by molar-refractivity contribution is 9.11. The Kier molecular flexibility index (Phi) is 5.39. The van der Waals surface area contributed by atoms with Crippen LogP contribution >= 0.6 is 31.9 Å². The van der Waals surface area contributed by atoms with Gasteiger partial charge in [0.1, 0.15) is 12.3 Å². The summed E-state index contributed by atoms with van der Waals surface area (Å²) in [6.07, 6.45) is 2.45. The molecule has 12 heteroatoms. The van der Waals surface area contributed by atoms with Crippen LogP contribution in [0, 0.1) is 10.1 Å². The fourth-order valence-corrected chi connectivity index (χ4v) is 2.69. The number of carbonyl (C=O) groups is 1. The minimum absolute atomic E-state index is 0.0546. The number of hydrogen-bond donors (Lipinski definition) is 2. The molecule has 0 aliphatic rings. The minimum Gasteiger partial charge on any atom is -0.506 e. The summed E-state index contributed by atoms with van der Waals surface area (Å²) in [5.41, 5.74) is 2.87. The van der Waals surface area contributed by atoms with Crippen LogP contribution in [0.1, 0.15) is 5.56 Å². The Morgan fingerprint density at radius 1 is 1.48 bits per heavy atom. The monoisotopic (exact) mass is 446 g/mol.